The summed E-state index contributed by atoms with van der Waals surface area (Å²) < 4.78 is 40.0. The zero-order valence-electron chi connectivity index (χ0n) is 9.86. The molecule has 104 valence electrons. The summed E-state index contributed by atoms with van der Waals surface area (Å²) in [6, 6.07) is 6.86. The van der Waals surface area contributed by atoms with E-state index in [1.165, 1.54) is 24.3 Å². The van der Waals surface area contributed by atoms with Gasteiger partial charge in [0.1, 0.15) is 0 Å². The third kappa shape index (κ3) is 2.37. The molecule has 1 aromatic carbocycles. The Morgan fingerprint density at radius 1 is 1.32 bits per heavy atom. The first-order valence-corrected chi connectivity index (χ1v) is 6.25. The number of benzene rings is 1. The number of hydrogen-bond acceptors (Lipinski definition) is 2. The summed E-state index contributed by atoms with van der Waals surface area (Å²) in [7, 11) is 0. The molecular formula is C13H13ClF3NO. The van der Waals surface area contributed by atoms with Gasteiger partial charge in [-0.2, -0.15) is 13.2 Å². The molecule has 0 amide bonds. The first-order valence-electron chi connectivity index (χ1n) is 5.81. The van der Waals surface area contributed by atoms with Crippen molar-refractivity contribution in [3.8, 4) is 0 Å². The minimum Gasteiger partial charge on any atom is -0.376 e. The Bertz CT molecular complexity index is 465. The summed E-state index contributed by atoms with van der Waals surface area (Å²) in [6.45, 7) is 0. The molecular weight excluding hydrogens is 279 g/mol. The second kappa shape index (κ2) is 4.80. The molecule has 0 saturated heterocycles. The number of alkyl halides is 4. The average molecular weight is 292 g/mol. The minimum atomic E-state index is -4.87. The maximum atomic E-state index is 13.3. The quantitative estimate of drug-likeness (QED) is 0.648. The molecule has 0 radical (unpaired) electrons. The third-order valence-corrected chi connectivity index (χ3v) is 4.03. The summed E-state index contributed by atoms with van der Waals surface area (Å²) in [5.41, 5.74) is -3.32. The van der Waals surface area contributed by atoms with Gasteiger partial charge < -0.3 is 10.5 Å². The largest absolute Gasteiger partial charge is 0.422 e. The molecule has 1 aliphatic rings. The minimum absolute atomic E-state index is 0.258. The molecule has 1 aromatic rings. The van der Waals surface area contributed by atoms with Crippen LogP contribution in [0.25, 0.3) is 0 Å². The molecule has 19 heavy (non-hydrogen) atoms. The zero-order chi connectivity index (χ0) is 14.3. The fourth-order valence-electron chi connectivity index (χ4n) is 2.34. The molecule has 0 aromatic heterocycles. The molecule has 4 atom stereocenters. The van der Waals surface area contributed by atoms with Crippen LogP contribution < -0.4 is 0 Å². The Hall–Kier alpha value is -1.07. The van der Waals surface area contributed by atoms with Gasteiger partial charge in [-0.3, -0.25) is 0 Å². The molecule has 4 unspecified atom stereocenters. The van der Waals surface area contributed by atoms with E-state index >= 15 is 0 Å². The summed E-state index contributed by atoms with van der Waals surface area (Å²) >= 11 is 5.79. The Kier molecular flexibility index (Phi) is 3.62. The van der Waals surface area contributed by atoms with Crippen LogP contribution in [-0.2, 0) is 5.60 Å². The third-order valence-electron chi connectivity index (χ3n) is 3.53. The van der Waals surface area contributed by atoms with Crippen molar-refractivity contribution in [2.45, 2.75) is 23.6 Å². The van der Waals surface area contributed by atoms with E-state index in [-0.39, 0.29) is 5.56 Å². The van der Waals surface area contributed by atoms with Crippen molar-refractivity contribution in [1.29, 1.82) is 5.41 Å². The topological polar surface area (TPSA) is 44.1 Å². The van der Waals surface area contributed by atoms with Gasteiger partial charge in [0, 0.05) is 17.5 Å². The summed E-state index contributed by atoms with van der Waals surface area (Å²) in [5, 5.41) is 17.1. The molecule has 1 fully saturated rings. The first-order chi connectivity index (χ1) is 8.82. The Morgan fingerprint density at radius 3 is 2.21 bits per heavy atom. The van der Waals surface area contributed by atoms with Crippen LogP contribution in [0.3, 0.4) is 0 Å². The van der Waals surface area contributed by atoms with Gasteiger partial charge in [0.05, 0.1) is 0 Å². The number of nitrogens with one attached hydrogen (secondary N) is 1. The number of halogens is 4. The van der Waals surface area contributed by atoms with E-state index in [0.717, 1.165) is 0 Å². The van der Waals surface area contributed by atoms with E-state index in [1.54, 1.807) is 6.07 Å². The van der Waals surface area contributed by atoms with Crippen LogP contribution in [0.2, 0.25) is 0 Å². The van der Waals surface area contributed by atoms with E-state index in [9.17, 15) is 18.3 Å². The summed E-state index contributed by atoms with van der Waals surface area (Å²) in [5.74, 6) is -1.89. The number of aliphatic hydroxyl groups is 1. The van der Waals surface area contributed by atoms with Crippen LogP contribution in [-0.4, -0.2) is 22.9 Å². The van der Waals surface area contributed by atoms with Crippen molar-refractivity contribution >= 4 is 17.8 Å². The van der Waals surface area contributed by atoms with Crippen LogP contribution in [0.5, 0.6) is 0 Å². The molecule has 0 spiro atoms. The molecule has 0 aliphatic heterocycles. The maximum absolute atomic E-state index is 13.3. The maximum Gasteiger partial charge on any atom is 0.422 e. The normalized spacial score (nSPS) is 27.4. The summed E-state index contributed by atoms with van der Waals surface area (Å²) in [4.78, 5) is 0. The van der Waals surface area contributed by atoms with Crippen molar-refractivity contribution in [3.05, 3.63) is 35.9 Å². The molecule has 2 rings (SSSR count). The van der Waals surface area contributed by atoms with Gasteiger partial charge in [0.25, 0.3) is 0 Å². The Balaban J connectivity index is 2.49. The van der Waals surface area contributed by atoms with Gasteiger partial charge in [-0.05, 0) is 17.9 Å². The highest BCUT2D eigenvalue weighted by Gasteiger charge is 2.63. The standard InChI is InChI=1S/C13H13ClF3NO/c14-11-6-9(11)10(7-18)12(19,13(15,16)17)8-4-2-1-3-5-8/h1-5,7,9-11,18-19H,6H2. The SMILES string of the molecule is N=CC(C1CC1Cl)C(O)(c1ccccc1)C(F)(F)F. The highest BCUT2D eigenvalue weighted by Crippen LogP contribution is 2.53. The Morgan fingerprint density at radius 2 is 1.84 bits per heavy atom. The lowest BCUT2D eigenvalue weighted by atomic mass is 9.78. The van der Waals surface area contributed by atoms with Gasteiger partial charge in [-0.1, -0.05) is 30.3 Å². The predicted molar refractivity (Wildman–Crippen MR) is 66.4 cm³/mol. The van der Waals surface area contributed by atoms with Crippen molar-refractivity contribution in [2.75, 3.05) is 0 Å². The van der Waals surface area contributed by atoms with Gasteiger partial charge >= 0.3 is 6.18 Å². The number of rotatable bonds is 4. The first kappa shape index (κ1) is 14.3. The molecule has 6 heteroatoms. The number of hydrogen-bond donors (Lipinski definition) is 2. The summed E-state index contributed by atoms with van der Waals surface area (Å²) in [6.07, 6.45) is -3.82. The van der Waals surface area contributed by atoms with Crippen LogP contribution in [0, 0.1) is 17.2 Å². The van der Waals surface area contributed by atoms with Crippen molar-refractivity contribution < 1.29 is 18.3 Å². The lowest BCUT2D eigenvalue weighted by Crippen LogP contribution is -2.50. The van der Waals surface area contributed by atoms with Crippen molar-refractivity contribution in [3.63, 3.8) is 0 Å². The van der Waals surface area contributed by atoms with Crippen molar-refractivity contribution in [2.24, 2.45) is 11.8 Å². The molecule has 2 nitrogen and oxygen atoms in total. The Labute approximate surface area is 113 Å². The second-order valence-electron chi connectivity index (χ2n) is 4.74. The molecule has 2 N–H and O–H groups in total. The van der Waals surface area contributed by atoms with Gasteiger partial charge in [-0.25, -0.2) is 0 Å². The van der Waals surface area contributed by atoms with Crippen LogP contribution >= 0.6 is 11.6 Å². The van der Waals surface area contributed by atoms with Crippen LogP contribution in [0.15, 0.2) is 30.3 Å². The molecule has 1 aliphatic carbocycles. The highest BCUT2D eigenvalue weighted by atomic mass is 35.5. The van der Waals surface area contributed by atoms with Crippen molar-refractivity contribution in [1.82, 2.24) is 0 Å². The lowest BCUT2D eigenvalue weighted by molar-refractivity contribution is -0.280. The highest BCUT2D eigenvalue weighted by molar-refractivity contribution is 6.22. The monoisotopic (exact) mass is 291 g/mol. The van der Waals surface area contributed by atoms with Crippen LogP contribution in [0.1, 0.15) is 12.0 Å². The van der Waals surface area contributed by atoms with Gasteiger partial charge in [0.15, 0.2) is 5.60 Å². The smallest absolute Gasteiger partial charge is 0.376 e. The van der Waals surface area contributed by atoms with Gasteiger partial charge in [0.2, 0.25) is 0 Å². The van der Waals surface area contributed by atoms with Crippen LogP contribution in [0.4, 0.5) is 13.2 Å². The second-order valence-corrected chi connectivity index (χ2v) is 5.30. The van der Waals surface area contributed by atoms with E-state index in [0.29, 0.717) is 12.6 Å². The fraction of sp³-hybridized carbons (Fsp3) is 0.462. The van der Waals surface area contributed by atoms with Gasteiger partial charge in [-0.15, -0.1) is 11.6 Å². The van der Waals surface area contributed by atoms with E-state index in [1.807, 2.05) is 0 Å². The average Bonchev–Trinajstić information content (AvgIpc) is 3.06. The molecule has 1 saturated carbocycles. The van der Waals surface area contributed by atoms with E-state index < -0.39 is 29.0 Å². The fourth-order valence-corrected chi connectivity index (χ4v) is 2.71. The zero-order valence-corrected chi connectivity index (χ0v) is 10.6. The van der Waals surface area contributed by atoms with E-state index in [4.69, 9.17) is 17.0 Å². The molecule has 0 bridgehead atoms. The molecule has 0 heterocycles. The predicted octanol–water partition coefficient (Wildman–Crippen LogP) is 3.33. The lowest BCUT2D eigenvalue weighted by Gasteiger charge is -2.36. The van der Waals surface area contributed by atoms with E-state index in [2.05, 4.69) is 0 Å².